The maximum atomic E-state index is 12.9. The van der Waals surface area contributed by atoms with Crippen LogP contribution in [0.25, 0.3) is 11.1 Å². The average Bonchev–Trinajstić information content (AvgIpc) is 3.21. The molecule has 92 valence electrons. The Kier molecular flexibility index (Phi) is 2.67. The molecule has 2 aromatic carbocycles. The molecule has 3 rings (SSSR count). The third-order valence-corrected chi connectivity index (χ3v) is 3.92. The highest BCUT2D eigenvalue weighted by molar-refractivity contribution is 5.64. The summed E-state index contributed by atoms with van der Waals surface area (Å²) >= 11 is 0. The minimum atomic E-state index is -0.199. The molecular formula is C16H16FN. The minimum Gasteiger partial charge on any atom is -0.330 e. The second-order valence-electron chi connectivity index (χ2n) is 5.07. The van der Waals surface area contributed by atoms with Crippen molar-refractivity contribution in [3.05, 3.63) is 59.9 Å². The van der Waals surface area contributed by atoms with E-state index in [9.17, 15) is 4.39 Å². The van der Waals surface area contributed by atoms with E-state index in [-0.39, 0.29) is 11.2 Å². The van der Waals surface area contributed by atoms with Gasteiger partial charge in [0.15, 0.2) is 0 Å². The smallest absolute Gasteiger partial charge is 0.123 e. The number of rotatable bonds is 3. The van der Waals surface area contributed by atoms with Crippen LogP contribution in [0.3, 0.4) is 0 Å². The van der Waals surface area contributed by atoms with E-state index in [0.717, 1.165) is 17.7 Å². The number of benzene rings is 2. The predicted octanol–water partition coefficient (Wildman–Crippen LogP) is 3.48. The fourth-order valence-electron chi connectivity index (χ4n) is 2.42. The third-order valence-electron chi connectivity index (χ3n) is 3.92. The van der Waals surface area contributed by atoms with Gasteiger partial charge in [-0.05, 0) is 41.7 Å². The van der Waals surface area contributed by atoms with Gasteiger partial charge in [0.1, 0.15) is 5.82 Å². The minimum absolute atomic E-state index is 0.199. The van der Waals surface area contributed by atoms with E-state index in [4.69, 9.17) is 5.73 Å². The Morgan fingerprint density at radius 3 is 1.83 bits per heavy atom. The van der Waals surface area contributed by atoms with Gasteiger partial charge < -0.3 is 5.73 Å². The van der Waals surface area contributed by atoms with Gasteiger partial charge in [0.25, 0.3) is 0 Å². The molecule has 2 N–H and O–H groups in total. The normalized spacial score (nSPS) is 16.6. The first-order valence-corrected chi connectivity index (χ1v) is 6.30. The number of hydrogen-bond donors (Lipinski definition) is 1. The molecule has 2 aromatic rings. The van der Waals surface area contributed by atoms with Crippen molar-refractivity contribution in [3.8, 4) is 11.1 Å². The van der Waals surface area contributed by atoms with Crippen LogP contribution < -0.4 is 5.73 Å². The summed E-state index contributed by atoms with van der Waals surface area (Å²) in [7, 11) is 0. The van der Waals surface area contributed by atoms with Gasteiger partial charge in [-0.1, -0.05) is 36.4 Å². The molecule has 0 aromatic heterocycles. The Morgan fingerprint density at radius 2 is 1.39 bits per heavy atom. The number of hydrogen-bond acceptors (Lipinski definition) is 1. The number of nitrogens with two attached hydrogens (primary N) is 1. The van der Waals surface area contributed by atoms with E-state index in [2.05, 4.69) is 24.3 Å². The van der Waals surface area contributed by atoms with Gasteiger partial charge in [-0.2, -0.15) is 0 Å². The van der Waals surface area contributed by atoms with E-state index >= 15 is 0 Å². The molecule has 18 heavy (non-hydrogen) atoms. The van der Waals surface area contributed by atoms with Crippen LogP contribution in [0.4, 0.5) is 4.39 Å². The first-order chi connectivity index (χ1) is 8.73. The lowest BCUT2D eigenvalue weighted by molar-refractivity contribution is 0.628. The highest BCUT2D eigenvalue weighted by Crippen LogP contribution is 2.47. The summed E-state index contributed by atoms with van der Waals surface area (Å²) < 4.78 is 12.9. The predicted molar refractivity (Wildman–Crippen MR) is 71.8 cm³/mol. The molecule has 0 atom stereocenters. The zero-order chi connectivity index (χ0) is 12.6. The lowest BCUT2D eigenvalue weighted by atomic mass is 9.94. The Labute approximate surface area is 106 Å². The summed E-state index contributed by atoms with van der Waals surface area (Å²) in [6.07, 6.45) is 2.39. The summed E-state index contributed by atoms with van der Waals surface area (Å²) in [5, 5.41) is 0. The zero-order valence-electron chi connectivity index (χ0n) is 10.2. The van der Waals surface area contributed by atoms with Gasteiger partial charge in [0, 0.05) is 12.0 Å². The molecule has 0 spiro atoms. The van der Waals surface area contributed by atoms with Gasteiger partial charge in [-0.3, -0.25) is 0 Å². The van der Waals surface area contributed by atoms with Crippen molar-refractivity contribution in [2.75, 3.05) is 6.54 Å². The van der Waals surface area contributed by atoms with Crippen molar-refractivity contribution >= 4 is 0 Å². The summed E-state index contributed by atoms with van der Waals surface area (Å²) in [4.78, 5) is 0. The van der Waals surface area contributed by atoms with Crippen molar-refractivity contribution in [2.45, 2.75) is 18.3 Å². The van der Waals surface area contributed by atoms with Crippen molar-refractivity contribution in [2.24, 2.45) is 5.73 Å². The first-order valence-electron chi connectivity index (χ1n) is 6.30. The second kappa shape index (κ2) is 4.21. The summed E-state index contributed by atoms with van der Waals surface area (Å²) in [5.41, 5.74) is 9.55. The van der Waals surface area contributed by atoms with E-state index < -0.39 is 0 Å². The van der Waals surface area contributed by atoms with E-state index in [0.29, 0.717) is 0 Å². The van der Waals surface area contributed by atoms with Crippen LogP contribution in [0.2, 0.25) is 0 Å². The standard InChI is InChI=1S/C16H16FN/c17-15-7-3-13(4-8-15)12-1-5-14(6-2-12)16(11-18)9-10-16/h1-8H,9-11,18H2. The second-order valence-corrected chi connectivity index (χ2v) is 5.07. The van der Waals surface area contributed by atoms with Crippen molar-refractivity contribution in [1.82, 2.24) is 0 Å². The Morgan fingerprint density at radius 1 is 0.889 bits per heavy atom. The van der Waals surface area contributed by atoms with Crippen LogP contribution in [0.5, 0.6) is 0 Å². The molecule has 0 saturated heterocycles. The van der Waals surface area contributed by atoms with E-state index in [1.54, 1.807) is 12.1 Å². The Hall–Kier alpha value is -1.67. The Balaban J connectivity index is 1.89. The van der Waals surface area contributed by atoms with Gasteiger partial charge in [0.05, 0.1) is 0 Å². The van der Waals surface area contributed by atoms with Crippen LogP contribution >= 0.6 is 0 Å². The molecule has 2 heteroatoms. The zero-order valence-corrected chi connectivity index (χ0v) is 10.2. The summed E-state index contributed by atoms with van der Waals surface area (Å²) in [6.45, 7) is 0.725. The van der Waals surface area contributed by atoms with Gasteiger partial charge in [0.2, 0.25) is 0 Å². The monoisotopic (exact) mass is 241 g/mol. The molecule has 0 bridgehead atoms. The van der Waals surface area contributed by atoms with Gasteiger partial charge in [-0.15, -0.1) is 0 Å². The molecule has 0 heterocycles. The van der Waals surface area contributed by atoms with E-state index in [1.807, 2.05) is 0 Å². The summed E-state index contributed by atoms with van der Waals surface area (Å²) in [5.74, 6) is -0.199. The lowest BCUT2D eigenvalue weighted by Crippen LogP contribution is -2.19. The fourth-order valence-corrected chi connectivity index (χ4v) is 2.42. The Bertz CT molecular complexity index is 538. The highest BCUT2D eigenvalue weighted by Gasteiger charge is 2.42. The van der Waals surface area contributed by atoms with E-state index in [1.165, 1.54) is 30.5 Å². The van der Waals surface area contributed by atoms with Crippen LogP contribution in [0.15, 0.2) is 48.5 Å². The third kappa shape index (κ3) is 1.93. The van der Waals surface area contributed by atoms with Crippen LogP contribution in [-0.4, -0.2) is 6.54 Å². The molecule has 1 fully saturated rings. The molecule has 1 nitrogen and oxygen atoms in total. The number of halogens is 1. The maximum absolute atomic E-state index is 12.9. The molecule has 0 aliphatic heterocycles. The topological polar surface area (TPSA) is 26.0 Å². The quantitative estimate of drug-likeness (QED) is 0.874. The first kappa shape index (κ1) is 11.4. The van der Waals surface area contributed by atoms with Crippen molar-refractivity contribution < 1.29 is 4.39 Å². The van der Waals surface area contributed by atoms with Gasteiger partial charge >= 0.3 is 0 Å². The van der Waals surface area contributed by atoms with Crippen molar-refractivity contribution in [1.29, 1.82) is 0 Å². The maximum Gasteiger partial charge on any atom is 0.123 e. The molecule has 0 amide bonds. The van der Waals surface area contributed by atoms with Crippen LogP contribution in [-0.2, 0) is 5.41 Å². The molecule has 1 saturated carbocycles. The molecule has 1 aliphatic carbocycles. The molecular weight excluding hydrogens is 225 g/mol. The molecule has 1 aliphatic rings. The lowest BCUT2D eigenvalue weighted by Gasteiger charge is -2.13. The average molecular weight is 241 g/mol. The van der Waals surface area contributed by atoms with Gasteiger partial charge in [-0.25, -0.2) is 4.39 Å². The molecule has 0 unspecified atom stereocenters. The van der Waals surface area contributed by atoms with Crippen molar-refractivity contribution in [3.63, 3.8) is 0 Å². The largest absolute Gasteiger partial charge is 0.330 e. The molecule has 0 radical (unpaired) electrons. The SMILES string of the molecule is NCC1(c2ccc(-c3ccc(F)cc3)cc2)CC1. The highest BCUT2D eigenvalue weighted by atomic mass is 19.1. The summed E-state index contributed by atoms with van der Waals surface area (Å²) in [6, 6.07) is 15.1. The van der Waals surface area contributed by atoms with Crippen LogP contribution in [0.1, 0.15) is 18.4 Å². The van der Waals surface area contributed by atoms with Crippen LogP contribution in [0, 0.1) is 5.82 Å². The fraction of sp³-hybridized carbons (Fsp3) is 0.250.